The molecule has 0 aliphatic carbocycles. The molecular weight excluding hydrogens is 188 g/mol. The molecular formula is C11H22N4. The molecule has 0 bridgehead atoms. The highest BCUT2D eigenvalue weighted by Crippen LogP contribution is 1.92. The number of hydrogen-bond donors (Lipinski definition) is 1. The third-order valence-electron chi connectivity index (χ3n) is 2.57. The van der Waals surface area contributed by atoms with Crippen molar-refractivity contribution >= 4 is 0 Å². The van der Waals surface area contributed by atoms with Crippen LogP contribution in [0.4, 0.5) is 0 Å². The highest BCUT2D eigenvalue weighted by atomic mass is 15.3. The quantitative estimate of drug-likeness (QED) is 0.677. The van der Waals surface area contributed by atoms with E-state index < -0.39 is 0 Å². The topological polar surface area (TPSA) is 33.1 Å². The van der Waals surface area contributed by atoms with Crippen molar-refractivity contribution in [3.05, 3.63) is 18.0 Å². The number of nitrogens with one attached hydrogen (secondary N) is 1. The van der Waals surface area contributed by atoms with Crippen LogP contribution >= 0.6 is 0 Å². The normalized spacial score (nSPS) is 11.2. The van der Waals surface area contributed by atoms with Gasteiger partial charge in [-0.1, -0.05) is 13.8 Å². The summed E-state index contributed by atoms with van der Waals surface area (Å²) in [7, 11) is 1.94. The summed E-state index contributed by atoms with van der Waals surface area (Å²) in [4.78, 5) is 2.41. The molecule has 0 saturated heterocycles. The standard InChI is InChI=1S/C11H22N4/c1-4-15(5-2)9-7-12-10-11-6-8-14(3)13-11/h6,8,12H,4-5,7,9-10H2,1-3H3. The Bertz CT molecular complexity index is 265. The van der Waals surface area contributed by atoms with Crippen LogP contribution in [-0.4, -0.2) is 40.9 Å². The number of aromatic nitrogens is 2. The predicted octanol–water partition coefficient (Wildman–Crippen LogP) is 0.851. The van der Waals surface area contributed by atoms with Gasteiger partial charge in [-0.2, -0.15) is 5.10 Å². The maximum Gasteiger partial charge on any atom is 0.0762 e. The van der Waals surface area contributed by atoms with E-state index in [1.54, 1.807) is 0 Å². The summed E-state index contributed by atoms with van der Waals surface area (Å²) in [6.45, 7) is 9.65. The van der Waals surface area contributed by atoms with Crippen LogP contribution in [0, 0.1) is 0 Å². The molecule has 1 rings (SSSR count). The van der Waals surface area contributed by atoms with Crippen LogP contribution in [0.3, 0.4) is 0 Å². The lowest BCUT2D eigenvalue weighted by molar-refractivity contribution is 0.302. The fourth-order valence-corrected chi connectivity index (χ4v) is 1.55. The van der Waals surface area contributed by atoms with Crippen LogP contribution < -0.4 is 5.32 Å². The molecule has 15 heavy (non-hydrogen) atoms. The van der Waals surface area contributed by atoms with E-state index in [1.165, 1.54) is 0 Å². The van der Waals surface area contributed by atoms with Crippen molar-refractivity contribution in [2.45, 2.75) is 20.4 Å². The van der Waals surface area contributed by atoms with Gasteiger partial charge in [0.15, 0.2) is 0 Å². The number of nitrogens with zero attached hydrogens (tertiary/aromatic N) is 3. The van der Waals surface area contributed by atoms with Crippen LogP contribution in [0.1, 0.15) is 19.5 Å². The highest BCUT2D eigenvalue weighted by molar-refractivity contribution is 4.97. The smallest absolute Gasteiger partial charge is 0.0762 e. The summed E-state index contributed by atoms with van der Waals surface area (Å²) >= 11 is 0. The molecule has 0 spiro atoms. The molecule has 1 aromatic heterocycles. The van der Waals surface area contributed by atoms with Crippen molar-refractivity contribution < 1.29 is 0 Å². The van der Waals surface area contributed by atoms with E-state index in [1.807, 2.05) is 24.0 Å². The number of hydrogen-bond acceptors (Lipinski definition) is 3. The van der Waals surface area contributed by atoms with Crippen LogP contribution in [0.2, 0.25) is 0 Å². The summed E-state index contributed by atoms with van der Waals surface area (Å²) in [5.41, 5.74) is 1.11. The Morgan fingerprint density at radius 3 is 2.67 bits per heavy atom. The van der Waals surface area contributed by atoms with Gasteiger partial charge in [-0.25, -0.2) is 0 Å². The van der Waals surface area contributed by atoms with Gasteiger partial charge in [0.2, 0.25) is 0 Å². The van der Waals surface area contributed by atoms with E-state index in [0.29, 0.717) is 0 Å². The van der Waals surface area contributed by atoms with Crippen molar-refractivity contribution in [2.75, 3.05) is 26.2 Å². The van der Waals surface area contributed by atoms with Crippen molar-refractivity contribution in [1.29, 1.82) is 0 Å². The van der Waals surface area contributed by atoms with Gasteiger partial charge >= 0.3 is 0 Å². The molecule has 0 atom stereocenters. The van der Waals surface area contributed by atoms with E-state index in [2.05, 4.69) is 29.2 Å². The molecule has 0 aliphatic heterocycles. The van der Waals surface area contributed by atoms with E-state index in [0.717, 1.165) is 38.4 Å². The van der Waals surface area contributed by atoms with Crippen molar-refractivity contribution in [3.63, 3.8) is 0 Å². The molecule has 0 unspecified atom stereocenters. The average Bonchev–Trinajstić information content (AvgIpc) is 2.65. The predicted molar refractivity (Wildman–Crippen MR) is 62.7 cm³/mol. The maximum atomic E-state index is 4.31. The number of rotatable bonds is 7. The minimum absolute atomic E-state index is 0.863. The Kier molecular flexibility index (Phi) is 5.36. The number of aryl methyl sites for hydroxylation is 1. The second-order valence-electron chi connectivity index (χ2n) is 3.68. The Labute approximate surface area is 92.3 Å². The van der Waals surface area contributed by atoms with Gasteiger partial charge in [-0.05, 0) is 19.2 Å². The SMILES string of the molecule is CCN(CC)CCNCc1ccn(C)n1. The highest BCUT2D eigenvalue weighted by Gasteiger charge is 1.99. The van der Waals surface area contributed by atoms with Gasteiger partial charge in [0.05, 0.1) is 5.69 Å². The second-order valence-corrected chi connectivity index (χ2v) is 3.68. The van der Waals surface area contributed by atoms with Gasteiger partial charge < -0.3 is 10.2 Å². The molecule has 4 nitrogen and oxygen atoms in total. The minimum Gasteiger partial charge on any atom is -0.310 e. The summed E-state index contributed by atoms with van der Waals surface area (Å²) < 4.78 is 1.83. The first-order valence-electron chi connectivity index (χ1n) is 5.67. The van der Waals surface area contributed by atoms with E-state index in [9.17, 15) is 0 Å². The lowest BCUT2D eigenvalue weighted by Gasteiger charge is -2.17. The van der Waals surface area contributed by atoms with Gasteiger partial charge in [-0.15, -0.1) is 0 Å². The van der Waals surface area contributed by atoms with Crippen LogP contribution in [0.5, 0.6) is 0 Å². The molecule has 0 fully saturated rings. The van der Waals surface area contributed by atoms with Gasteiger partial charge in [0.25, 0.3) is 0 Å². The first-order valence-corrected chi connectivity index (χ1v) is 5.67. The summed E-state index contributed by atoms with van der Waals surface area (Å²) in [6.07, 6.45) is 1.97. The van der Waals surface area contributed by atoms with Gasteiger partial charge in [-0.3, -0.25) is 4.68 Å². The number of likely N-dealkylation sites (N-methyl/N-ethyl adjacent to an activating group) is 1. The summed E-state index contributed by atoms with van der Waals surface area (Å²) in [5, 5.41) is 7.70. The fourth-order valence-electron chi connectivity index (χ4n) is 1.55. The van der Waals surface area contributed by atoms with Crippen molar-refractivity contribution in [1.82, 2.24) is 20.0 Å². The molecule has 4 heteroatoms. The zero-order valence-electron chi connectivity index (χ0n) is 10.0. The molecule has 0 saturated carbocycles. The molecule has 1 heterocycles. The Morgan fingerprint density at radius 2 is 2.13 bits per heavy atom. The minimum atomic E-state index is 0.863. The third-order valence-corrected chi connectivity index (χ3v) is 2.57. The lowest BCUT2D eigenvalue weighted by atomic mass is 10.4. The van der Waals surface area contributed by atoms with E-state index >= 15 is 0 Å². The van der Waals surface area contributed by atoms with Crippen LogP contribution in [0.15, 0.2) is 12.3 Å². The van der Waals surface area contributed by atoms with Crippen molar-refractivity contribution in [2.24, 2.45) is 7.05 Å². The Balaban J connectivity index is 2.11. The van der Waals surface area contributed by atoms with Crippen LogP contribution in [0.25, 0.3) is 0 Å². The zero-order valence-corrected chi connectivity index (χ0v) is 10.0. The lowest BCUT2D eigenvalue weighted by Crippen LogP contribution is -2.31. The first-order chi connectivity index (χ1) is 7.26. The molecule has 1 aromatic rings. The van der Waals surface area contributed by atoms with Gasteiger partial charge in [0, 0.05) is 32.9 Å². The van der Waals surface area contributed by atoms with Crippen LogP contribution in [-0.2, 0) is 13.6 Å². The second kappa shape index (κ2) is 6.58. The largest absolute Gasteiger partial charge is 0.310 e. The van der Waals surface area contributed by atoms with Crippen molar-refractivity contribution in [3.8, 4) is 0 Å². The average molecular weight is 210 g/mol. The van der Waals surface area contributed by atoms with Gasteiger partial charge in [0.1, 0.15) is 0 Å². The molecule has 0 amide bonds. The molecule has 0 radical (unpaired) electrons. The zero-order chi connectivity index (χ0) is 11.1. The molecule has 0 aliphatic rings. The summed E-state index contributed by atoms with van der Waals surface area (Å²) in [5.74, 6) is 0. The first kappa shape index (κ1) is 12.2. The Morgan fingerprint density at radius 1 is 1.40 bits per heavy atom. The monoisotopic (exact) mass is 210 g/mol. The fraction of sp³-hybridized carbons (Fsp3) is 0.727. The summed E-state index contributed by atoms with van der Waals surface area (Å²) in [6, 6.07) is 2.05. The molecule has 0 aromatic carbocycles. The molecule has 86 valence electrons. The third kappa shape index (κ3) is 4.44. The van der Waals surface area contributed by atoms with E-state index in [-0.39, 0.29) is 0 Å². The maximum absolute atomic E-state index is 4.31. The molecule has 1 N–H and O–H groups in total. The van der Waals surface area contributed by atoms with E-state index in [4.69, 9.17) is 0 Å². The Hall–Kier alpha value is -0.870.